The summed E-state index contributed by atoms with van der Waals surface area (Å²) in [5, 5.41) is 38.4. The van der Waals surface area contributed by atoms with Gasteiger partial charge in [0.15, 0.2) is 6.29 Å². The molecule has 4 N–H and O–H groups in total. The summed E-state index contributed by atoms with van der Waals surface area (Å²) in [6, 6.07) is 6.48. The lowest BCUT2D eigenvalue weighted by Crippen LogP contribution is -2.43. The van der Waals surface area contributed by atoms with Crippen LogP contribution in [0.1, 0.15) is 5.56 Å². The third kappa shape index (κ3) is 1.88. The van der Waals surface area contributed by atoms with Crippen LogP contribution in [-0.4, -0.2) is 52.6 Å². The Morgan fingerprint density at radius 3 is 2.22 bits per heavy atom. The standard InChI is InChI=1S/C12H16O6/c1-17-8-4-2-7(3-5-8)12(6-13)10(15)9(14)11(16)18-12/h2-5,9-11,13-16H,6H2,1H3/t9-,10+,11+,12+/m1/s1. The van der Waals surface area contributed by atoms with Crippen LogP contribution in [0, 0.1) is 0 Å². The Labute approximate surface area is 104 Å². The second-order valence-electron chi connectivity index (χ2n) is 4.22. The van der Waals surface area contributed by atoms with Gasteiger partial charge in [-0.2, -0.15) is 0 Å². The van der Waals surface area contributed by atoms with Gasteiger partial charge in [-0.25, -0.2) is 0 Å². The van der Waals surface area contributed by atoms with Crippen molar-refractivity contribution in [2.45, 2.75) is 24.1 Å². The second kappa shape index (κ2) is 4.83. The summed E-state index contributed by atoms with van der Waals surface area (Å²) in [6.45, 7) is -0.561. The third-order valence-electron chi connectivity index (χ3n) is 3.24. The first-order valence-corrected chi connectivity index (χ1v) is 5.52. The Balaban J connectivity index is 2.38. The lowest BCUT2D eigenvalue weighted by atomic mass is 9.88. The molecule has 0 unspecified atom stereocenters. The molecule has 0 bridgehead atoms. The molecule has 0 aromatic heterocycles. The highest BCUT2D eigenvalue weighted by atomic mass is 16.7. The zero-order chi connectivity index (χ0) is 13.3. The van der Waals surface area contributed by atoms with Crippen LogP contribution < -0.4 is 4.74 Å². The molecule has 0 amide bonds. The maximum absolute atomic E-state index is 9.93. The maximum Gasteiger partial charge on any atom is 0.184 e. The second-order valence-corrected chi connectivity index (χ2v) is 4.22. The first kappa shape index (κ1) is 13.3. The smallest absolute Gasteiger partial charge is 0.184 e. The quantitative estimate of drug-likeness (QED) is 0.551. The molecule has 18 heavy (non-hydrogen) atoms. The summed E-state index contributed by atoms with van der Waals surface area (Å²) in [6.07, 6.45) is -4.40. The highest BCUT2D eigenvalue weighted by Gasteiger charge is 2.54. The number of hydrogen-bond donors (Lipinski definition) is 4. The molecule has 1 saturated heterocycles. The van der Waals surface area contributed by atoms with Crippen LogP contribution >= 0.6 is 0 Å². The lowest BCUT2D eigenvalue weighted by Gasteiger charge is -2.30. The lowest BCUT2D eigenvalue weighted by molar-refractivity contribution is -0.179. The molecule has 0 spiro atoms. The number of methoxy groups -OCH3 is 1. The summed E-state index contributed by atoms with van der Waals surface area (Å²) in [5.41, 5.74) is -1.07. The van der Waals surface area contributed by atoms with Crippen molar-refractivity contribution in [3.63, 3.8) is 0 Å². The van der Waals surface area contributed by atoms with Crippen molar-refractivity contribution in [2.75, 3.05) is 13.7 Å². The molecule has 6 nitrogen and oxygen atoms in total. The predicted octanol–water partition coefficient (Wildman–Crippen LogP) is -1.05. The minimum absolute atomic E-state index is 0.453. The first-order chi connectivity index (χ1) is 8.55. The first-order valence-electron chi connectivity index (χ1n) is 5.52. The van der Waals surface area contributed by atoms with Crippen molar-refractivity contribution in [1.29, 1.82) is 0 Å². The Hall–Kier alpha value is -1.18. The Kier molecular flexibility index (Phi) is 3.56. The topological polar surface area (TPSA) is 99.4 Å². The van der Waals surface area contributed by atoms with E-state index in [0.29, 0.717) is 11.3 Å². The Bertz CT molecular complexity index is 406. The van der Waals surface area contributed by atoms with Crippen LogP contribution in [0.2, 0.25) is 0 Å². The summed E-state index contributed by atoms with van der Waals surface area (Å²) in [4.78, 5) is 0. The van der Waals surface area contributed by atoms with E-state index in [4.69, 9.17) is 9.47 Å². The fourth-order valence-corrected chi connectivity index (χ4v) is 2.12. The van der Waals surface area contributed by atoms with Gasteiger partial charge in [-0.1, -0.05) is 12.1 Å². The number of rotatable bonds is 3. The highest BCUT2D eigenvalue weighted by molar-refractivity contribution is 5.33. The summed E-state index contributed by atoms with van der Waals surface area (Å²) in [5.74, 6) is 0.612. The SMILES string of the molecule is COc1ccc([C@]2(CO)O[C@H](O)[C@H](O)[C@@H]2O)cc1. The van der Waals surface area contributed by atoms with Crippen LogP contribution in [0.5, 0.6) is 5.75 Å². The van der Waals surface area contributed by atoms with E-state index in [0.717, 1.165) is 0 Å². The predicted molar refractivity (Wildman–Crippen MR) is 60.9 cm³/mol. The third-order valence-corrected chi connectivity index (χ3v) is 3.24. The van der Waals surface area contributed by atoms with Gasteiger partial charge in [0.05, 0.1) is 13.7 Å². The summed E-state index contributed by atoms with van der Waals surface area (Å²) in [7, 11) is 1.52. The molecule has 1 heterocycles. The van der Waals surface area contributed by atoms with Gasteiger partial charge < -0.3 is 29.9 Å². The van der Waals surface area contributed by atoms with Gasteiger partial charge in [0.1, 0.15) is 23.6 Å². The molecule has 0 aliphatic carbocycles. The van der Waals surface area contributed by atoms with Crippen LogP contribution in [0.3, 0.4) is 0 Å². The molecular formula is C12H16O6. The van der Waals surface area contributed by atoms with Crippen LogP contribution in [0.25, 0.3) is 0 Å². The molecule has 0 saturated carbocycles. The van der Waals surface area contributed by atoms with Crippen molar-refractivity contribution >= 4 is 0 Å². The average molecular weight is 256 g/mol. The van der Waals surface area contributed by atoms with Crippen molar-refractivity contribution in [3.8, 4) is 5.75 Å². The molecule has 1 aromatic carbocycles. The Morgan fingerprint density at radius 2 is 1.83 bits per heavy atom. The largest absolute Gasteiger partial charge is 0.497 e. The van der Waals surface area contributed by atoms with Crippen LogP contribution in [0.15, 0.2) is 24.3 Å². The normalized spacial score (nSPS) is 35.7. The molecule has 1 aromatic rings. The maximum atomic E-state index is 9.93. The van der Waals surface area contributed by atoms with Crippen molar-refractivity contribution in [2.24, 2.45) is 0 Å². The van der Waals surface area contributed by atoms with Crippen molar-refractivity contribution < 1.29 is 29.9 Å². The van der Waals surface area contributed by atoms with Gasteiger partial charge in [0.2, 0.25) is 0 Å². The fraction of sp³-hybridized carbons (Fsp3) is 0.500. The molecule has 1 fully saturated rings. The van der Waals surface area contributed by atoms with Crippen molar-refractivity contribution in [1.82, 2.24) is 0 Å². The van der Waals surface area contributed by atoms with E-state index in [1.54, 1.807) is 24.3 Å². The van der Waals surface area contributed by atoms with Gasteiger partial charge in [-0.05, 0) is 17.7 Å². The van der Waals surface area contributed by atoms with Crippen molar-refractivity contribution in [3.05, 3.63) is 29.8 Å². The number of aliphatic hydroxyl groups is 4. The van der Waals surface area contributed by atoms with Gasteiger partial charge in [-0.3, -0.25) is 0 Å². The van der Waals surface area contributed by atoms with E-state index in [-0.39, 0.29) is 0 Å². The number of hydrogen-bond acceptors (Lipinski definition) is 6. The average Bonchev–Trinajstić information content (AvgIpc) is 2.64. The van der Waals surface area contributed by atoms with E-state index in [2.05, 4.69) is 0 Å². The number of ether oxygens (including phenoxy) is 2. The Morgan fingerprint density at radius 1 is 1.22 bits per heavy atom. The molecule has 2 rings (SSSR count). The zero-order valence-electron chi connectivity index (χ0n) is 9.85. The van der Waals surface area contributed by atoms with Gasteiger partial charge in [0.25, 0.3) is 0 Å². The molecule has 4 atom stereocenters. The van der Waals surface area contributed by atoms with Crippen LogP contribution in [-0.2, 0) is 10.3 Å². The van der Waals surface area contributed by atoms with Gasteiger partial charge >= 0.3 is 0 Å². The van der Waals surface area contributed by atoms with E-state index >= 15 is 0 Å². The summed E-state index contributed by atoms with van der Waals surface area (Å²) < 4.78 is 10.1. The summed E-state index contributed by atoms with van der Waals surface area (Å²) >= 11 is 0. The van der Waals surface area contributed by atoms with E-state index in [9.17, 15) is 20.4 Å². The molecular weight excluding hydrogens is 240 g/mol. The van der Waals surface area contributed by atoms with E-state index < -0.39 is 30.7 Å². The van der Waals surface area contributed by atoms with Gasteiger partial charge in [-0.15, -0.1) is 0 Å². The van der Waals surface area contributed by atoms with E-state index in [1.165, 1.54) is 7.11 Å². The molecule has 1 aliphatic rings. The van der Waals surface area contributed by atoms with E-state index in [1.807, 2.05) is 0 Å². The monoisotopic (exact) mass is 256 g/mol. The zero-order valence-corrected chi connectivity index (χ0v) is 9.85. The van der Waals surface area contributed by atoms with Crippen LogP contribution in [0.4, 0.5) is 0 Å². The minimum Gasteiger partial charge on any atom is -0.497 e. The molecule has 6 heteroatoms. The fourth-order valence-electron chi connectivity index (χ4n) is 2.12. The molecule has 0 radical (unpaired) electrons. The number of aliphatic hydroxyl groups excluding tert-OH is 4. The molecule has 100 valence electrons. The number of benzene rings is 1. The van der Waals surface area contributed by atoms with Gasteiger partial charge in [0, 0.05) is 0 Å². The minimum atomic E-state index is -1.53. The molecule has 1 aliphatic heterocycles. The highest BCUT2D eigenvalue weighted by Crippen LogP contribution is 2.39.